The molecule has 3 aromatic heterocycles. The maximum Gasteiger partial charge on any atom is 0.267 e. The lowest BCUT2D eigenvalue weighted by molar-refractivity contribution is 0.0945. The summed E-state index contributed by atoms with van der Waals surface area (Å²) in [5, 5.41) is 11.6. The van der Waals surface area contributed by atoms with E-state index in [0.717, 1.165) is 22.2 Å². The predicted octanol–water partition coefficient (Wildman–Crippen LogP) is 2.38. The lowest BCUT2D eigenvalue weighted by atomic mass is 10.2. The second-order valence-corrected chi connectivity index (χ2v) is 7.35. The van der Waals surface area contributed by atoms with E-state index in [1.54, 1.807) is 18.3 Å². The second kappa shape index (κ2) is 6.03. The molecule has 1 fully saturated rings. The molecule has 1 aliphatic carbocycles. The summed E-state index contributed by atoms with van der Waals surface area (Å²) in [4.78, 5) is 27.5. The number of H-pyrrole nitrogens is 1. The zero-order valence-corrected chi connectivity index (χ0v) is 14.7. The van der Waals surface area contributed by atoms with E-state index in [-0.39, 0.29) is 23.8 Å². The molecule has 0 bridgehead atoms. The summed E-state index contributed by atoms with van der Waals surface area (Å²) in [6, 6.07) is 1.98. The van der Waals surface area contributed by atoms with E-state index in [1.165, 1.54) is 6.26 Å². The van der Waals surface area contributed by atoms with Crippen LogP contribution in [0.2, 0.25) is 0 Å². The van der Waals surface area contributed by atoms with Gasteiger partial charge in [-0.25, -0.2) is 0 Å². The fourth-order valence-corrected chi connectivity index (χ4v) is 3.82. The van der Waals surface area contributed by atoms with E-state index in [9.17, 15) is 9.59 Å². The first-order chi connectivity index (χ1) is 12.0. The van der Waals surface area contributed by atoms with Gasteiger partial charge in [0.05, 0.1) is 15.9 Å². The molecule has 1 aliphatic rings. The van der Waals surface area contributed by atoms with Crippen molar-refractivity contribution in [1.29, 1.82) is 0 Å². The molecule has 3 aromatic rings. The average Bonchev–Trinajstić information content (AvgIpc) is 2.93. The lowest BCUT2D eigenvalue weighted by Gasteiger charge is -2.05. The number of carbonyl (C=O) groups is 2. The van der Waals surface area contributed by atoms with E-state index in [1.807, 2.05) is 13.0 Å². The van der Waals surface area contributed by atoms with E-state index < -0.39 is 0 Å². The van der Waals surface area contributed by atoms with Crippen LogP contribution >= 0.6 is 11.3 Å². The largest absolute Gasteiger partial charge is 0.364 e. The molecule has 4 rings (SSSR count). The fourth-order valence-electron chi connectivity index (χ4n) is 2.88. The predicted molar refractivity (Wildman–Crippen MR) is 93.8 cm³/mol. The number of nitrogens with zero attached hydrogens (tertiary/aromatic N) is 1. The van der Waals surface area contributed by atoms with E-state index >= 15 is 0 Å². The standard InChI is InChI=1S/C17H18N4O3S/c1-8-7-25-14-4-13(19-15(8)14)17(23)20-12-3-10(12)5-18-16(22)11-6-24-21-9(11)2/h4,6-7,10,12,19H,3,5H2,1-2H3,(H,18,22)(H,20,23)/t10-,12-/m1/s1. The minimum atomic E-state index is -0.198. The first kappa shape index (κ1) is 15.9. The Bertz CT molecular complexity index is 954. The van der Waals surface area contributed by atoms with Crippen LogP contribution in [0.3, 0.4) is 0 Å². The monoisotopic (exact) mass is 358 g/mol. The molecule has 7 nitrogen and oxygen atoms in total. The van der Waals surface area contributed by atoms with E-state index in [0.29, 0.717) is 23.5 Å². The number of hydrogen-bond acceptors (Lipinski definition) is 5. The molecular weight excluding hydrogens is 340 g/mol. The number of carbonyl (C=O) groups excluding carboxylic acids is 2. The fraction of sp³-hybridized carbons (Fsp3) is 0.353. The third kappa shape index (κ3) is 3.05. The van der Waals surface area contributed by atoms with Crippen molar-refractivity contribution in [3.63, 3.8) is 0 Å². The number of aryl methyl sites for hydroxylation is 2. The Labute approximate surface area is 147 Å². The number of aromatic amines is 1. The van der Waals surface area contributed by atoms with Crippen LogP contribution in [0, 0.1) is 19.8 Å². The van der Waals surface area contributed by atoms with Gasteiger partial charge in [-0.3, -0.25) is 9.59 Å². The summed E-state index contributed by atoms with van der Waals surface area (Å²) in [6.45, 7) is 4.27. The van der Waals surface area contributed by atoms with Gasteiger partial charge in [0.1, 0.15) is 17.5 Å². The van der Waals surface area contributed by atoms with Crippen LogP contribution in [0.15, 0.2) is 22.2 Å². The number of hydrogen-bond donors (Lipinski definition) is 3. The highest BCUT2D eigenvalue weighted by Crippen LogP contribution is 2.30. The van der Waals surface area contributed by atoms with Crippen molar-refractivity contribution in [3.05, 3.63) is 40.2 Å². The molecule has 3 N–H and O–H groups in total. The number of amides is 2. The average molecular weight is 358 g/mol. The van der Waals surface area contributed by atoms with Crippen molar-refractivity contribution >= 4 is 33.4 Å². The molecule has 8 heteroatoms. The number of nitrogens with one attached hydrogen (secondary N) is 3. The molecule has 0 saturated heterocycles. The molecule has 0 aliphatic heterocycles. The molecule has 2 atom stereocenters. The van der Waals surface area contributed by atoms with Crippen molar-refractivity contribution in [2.45, 2.75) is 26.3 Å². The molecule has 3 heterocycles. The van der Waals surface area contributed by atoms with Crippen LogP contribution in [0.5, 0.6) is 0 Å². The Hall–Kier alpha value is -2.61. The molecule has 0 aromatic carbocycles. The highest BCUT2D eigenvalue weighted by molar-refractivity contribution is 7.17. The molecule has 130 valence electrons. The number of rotatable bonds is 5. The molecule has 0 spiro atoms. The minimum Gasteiger partial charge on any atom is -0.364 e. The van der Waals surface area contributed by atoms with E-state index in [4.69, 9.17) is 4.52 Å². The van der Waals surface area contributed by atoms with Gasteiger partial charge in [-0.2, -0.15) is 0 Å². The topological polar surface area (TPSA) is 100 Å². The highest BCUT2D eigenvalue weighted by atomic mass is 32.1. The van der Waals surface area contributed by atoms with Crippen molar-refractivity contribution in [1.82, 2.24) is 20.8 Å². The van der Waals surface area contributed by atoms with Crippen LogP contribution in [-0.2, 0) is 0 Å². The lowest BCUT2D eigenvalue weighted by Crippen LogP contribution is -2.31. The van der Waals surface area contributed by atoms with Gasteiger partial charge in [-0.1, -0.05) is 5.16 Å². The SMILES string of the molecule is Cc1nocc1C(=O)NC[C@H]1C[C@H]1NC(=O)c1cc2scc(C)c2[nH]1. The molecular formula is C17H18N4O3S. The molecule has 0 radical (unpaired) electrons. The highest BCUT2D eigenvalue weighted by Gasteiger charge is 2.38. The van der Waals surface area contributed by atoms with Crippen molar-refractivity contribution in [3.8, 4) is 0 Å². The molecule has 0 unspecified atom stereocenters. The first-order valence-corrected chi connectivity index (χ1v) is 8.97. The van der Waals surface area contributed by atoms with Gasteiger partial charge < -0.3 is 20.1 Å². The van der Waals surface area contributed by atoms with Gasteiger partial charge in [0.25, 0.3) is 11.8 Å². The molecule has 2 amide bonds. The van der Waals surface area contributed by atoms with Crippen molar-refractivity contribution in [2.75, 3.05) is 6.54 Å². The van der Waals surface area contributed by atoms with Crippen LogP contribution in [0.4, 0.5) is 0 Å². The number of fused-ring (bicyclic) bond motifs is 1. The van der Waals surface area contributed by atoms with Gasteiger partial charge in [-0.05, 0) is 43.2 Å². The summed E-state index contributed by atoms with van der Waals surface area (Å²) in [7, 11) is 0. The zero-order valence-electron chi connectivity index (χ0n) is 13.9. The van der Waals surface area contributed by atoms with Crippen LogP contribution in [-0.4, -0.2) is 34.5 Å². The summed E-state index contributed by atoms with van der Waals surface area (Å²) in [6.07, 6.45) is 2.21. The smallest absolute Gasteiger partial charge is 0.267 e. The number of aromatic nitrogens is 2. The van der Waals surface area contributed by atoms with Crippen LogP contribution in [0.1, 0.15) is 38.5 Å². The van der Waals surface area contributed by atoms with Crippen molar-refractivity contribution in [2.24, 2.45) is 5.92 Å². The van der Waals surface area contributed by atoms with Crippen molar-refractivity contribution < 1.29 is 14.1 Å². The Morgan fingerprint density at radius 1 is 1.40 bits per heavy atom. The quantitative estimate of drug-likeness (QED) is 0.652. The maximum atomic E-state index is 12.3. The maximum absolute atomic E-state index is 12.3. The molecule has 1 saturated carbocycles. The van der Waals surface area contributed by atoms with Crippen LogP contribution < -0.4 is 10.6 Å². The summed E-state index contributed by atoms with van der Waals surface area (Å²) in [5.41, 5.74) is 3.77. The first-order valence-electron chi connectivity index (χ1n) is 8.09. The summed E-state index contributed by atoms with van der Waals surface area (Å²) < 4.78 is 5.86. The minimum absolute atomic E-state index is 0.0961. The Balaban J connectivity index is 1.29. The third-order valence-corrected chi connectivity index (χ3v) is 5.59. The van der Waals surface area contributed by atoms with Gasteiger partial charge >= 0.3 is 0 Å². The van der Waals surface area contributed by atoms with E-state index in [2.05, 4.69) is 26.2 Å². The number of thiophene rings is 1. The Morgan fingerprint density at radius 2 is 2.24 bits per heavy atom. The van der Waals surface area contributed by atoms with Gasteiger partial charge in [0.15, 0.2) is 0 Å². The third-order valence-electron chi connectivity index (χ3n) is 4.54. The normalized spacial score (nSPS) is 19.1. The van der Waals surface area contributed by atoms with Gasteiger partial charge in [0.2, 0.25) is 0 Å². The Morgan fingerprint density at radius 3 is 2.96 bits per heavy atom. The zero-order chi connectivity index (χ0) is 17.6. The van der Waals surface area contributed by atoms with Gasteiger partial charge in [0, 0.05) is 12.6 Å². The molecule has 25 heavy (non-hydrogen) atoms. The Kier molecular flexibility index (Phi) is 3.84. The summed E-state index contributed by atoms with van der Waals surface area (Å²) in [5.74, 6) is -0.0433. The second-order valence-electron chi connectivity index (χ2n) is 6.44. The summed E-state index contributed by atoms with van der Waals surface area (Å²) >= 11 is 1.63. The van der Waals surface area contributed by atoms with Crippen LogP contribution in [0.25, 0.3) is 10.2 Å². The van der Waals surface area contributed by atoms with Gasteiger partial charge in [-0.15, -0.1) is 11.3 Å².